The van der Waals surface area contributed by atoms with E-state index in [0.717, 1.165) is 11.1 Å². The summed E-state index contributed by atoms with van der Waals surface area (Å²) >= 11 is 5.83. The normalized spacial score (nSPS) is 10.2. The van der Waals surface area contributed by atoms with Crippen LogP contribution < -0.4 is 10.6 Å². The highest BCUT2D eigenvalue weighted by Crippen LogP contribution is 2.21. The average Bonchev–Trinajstić information content (AvgIpc) is 2.52. The third-order valence-corrected chi connectivity index (χ3v) is 3.65. The molecule has 2 aromatic carbocycles. The van der Waals surface area contributed by atoms with E-state index in [1.54, 1.807) is 25.1 Å². The number of anilines is 2. The van der Waals surface area contributed by atoms with E-state index in [-0.39, 0.29) is 18.2 Å². The molecule has 2 N–H and O–H groups in total. The zero-order valence-corrected chi connectivity index (χ0v) is 13.9. The van der Waals surface area contributed by atoms with Crippen molar-refractivity contribution in [3.05, 3.63) is 58.6 Å². The van der Waals surface area contributed by atoms with Gasteiger partial charge in [0.1, 0.15) is 0 Å². The molecule has 0 saturated heterocycles. The molecule has 0 aliphatic carbocycles. The molecule has 0 radical (unpaired) electrons. The third kappa shape index (κ3) is 5.11. The molecule has 2 amide bonds. The van der Waals surface area contributed by atoms with Gasteiger partial charge in [-0.1, -0.05) is 36.7 Å². The first kappa shape index (κ1) is 17.0. The van der Waals surface area contributed by atoms with Crippen LogP contribution >= 0.6 is 11.6 Å². The van der Waals surface area contributed by atoms with E-state index in [1.165, 1.54) is 0 Å². The van der Waals surface area contributed by atoms with Crippen LogP contribution in [0.15, 0.2) is 42.5 Å². The largest absolute Gasteiger partial charge is 0.326 e. The highest BCUT2D eigenvalue weighted by atomic mass is 35.5. The van der Waals surface area contributed by atoms with Gasteiger partial charge in [0.2, 0.25) is 11.8 Å². The quantitative estimate of drug-likeness (QED) is 0.864. The summed E-state index contributed by atoms with van der Waals surface area (Å²) < 4.78 is 0. The summed E-state index contributed by atoms with van der Waals surface area (Å²) in [5.41, 5.74) is 3.20. The minimum Gasteiger partial charge on any atom is -0.326 e. The highest BCUT2D eigenvalue weighted by Gasteiger charge is 2.07. The minimum atomic E-state index is -0.121. The van der Waals surface area contributed by atoms with E-state index in [2.05, 4.69) is 10.6 Å². The Kier molecular flexibility index (Phi) is 5.77. The predicted octanol–water partition coefficient (Wildman–Crippen LogP) is 4.18. The Morgan fingerprint density at radius 1 is 1.00 bits per heavy atom. The topological polar surface area (TPSA) is 58.2 Å². The molecule has 0 aliphatic rings. The van der Waals surface area contributed by atoms with E-state index in [4.69, 9.17) is 11.6 Å². The van der Waals surface area contributed by atoms with E-state index in [1.807, 2.05) is 31.2 Å². The average molecular weight is 331 g/mol. The molecule has 0 spiro atoms. The maximum absolute atomic E-state index is 12.1. The molecule has 0 unspecified atom stereocenters. The molecule has 23 heavy (non-hydrogen) atoms. The summed E-state index contributed by atoms with van der Waals surface area (Å²) in [4.78, 5) is 23.6. The lowest BCUT2D eigenvalue weighted by molar-refractivity contribution is -0.116. The number of carbonyl (C=O) groups excluding carboxylic acids is 2. The second-order valence-corrected chi connectivity index (χ2v) is 5.72. The van der Waals surface area contributed by atoms with Gasteiger partial charge in [-0.15, -0.1) is 0 Å². The van der Waals surface area contributed by atoms with Crippen LogP contribution in [0.5, 0.6) is 0 Å². The number of amides is 2. The number of halogens is 1. The van der Waals surface area contributed by atoms with Crippen LogP contribution in [0.4, 0.5) is 11.4 Å². The number of nitrogens with one attached hydrogen (secondary N) is 2. The second-order valence-electron chi connectivity index (χ2n) is 5.28. The fourth-order valence-electron chi connectivity index (χ4n) is 2.07. The molecule has 0 atom stereocenters. The summed E-state index contributed by atoms with van der Waals surface area (Å²) in [6, 6.07) is 12.6. The molecule has 5 heteroatoms. The van der Waals surface area contributed by atoms with Crippen molar-refractivity contribution in [1.29, 1.82) is 0 Å². The first-order valence-electron chi connectivity index (χ1n) is 7.42. The van der Waals surface area contributed by atoms with Crippen LogP contribution in [0, 0.1) is 6.92 Å². The second kappa shape index (κ2) is 7.79. The van der Waals surface area contributed by atoms with Crippen LogP contribution in [-0.2, 0) is 16.0 Å². The van der Waals surface area contributed by atoms with Crippen molar-refractivity contribution in [1.82, 2.24) is 0 Å². The number of carbonyl (C=O) groups is 2. The number of hydrogen-bond donors (Lipinski definition) is 2. The predicted molar refractivity (Wildman–Crippen MR) is 93.9 cm³/mol. The number of aryl methyl sites for hydroxylation is 1. The monoisotopic (exact) mass is 330 g/mol. The Bertz CT molecular complexity index is 711. The first-order valence-corrected chi connectivity index (χ1v) is 7.80. The standard InChI is InChI=1S/C18H19ClN2O2/c1-3-17(22)21-16-11-15(9-4-12(16)2)20-18(23)10-13-5-7-14(19)8-6-13/h4-9,11H,3,10H2,1-2H3,(H,20,23)(H,21,22). The SMILES string of the molecule is CCC(=O)Nc1cc(NC(=O)Cc2ccc(Cl)cc2)ccc1C. The van der Waals surface area contributed by atoms with Crippen molar-refractivity contribution in [3.8, 4) is 0 Å². The van der Waals surface area contributed by atoms with E-state index >= 15 is 0 Å². The fraction of sp³-hybridized carbons (Fsp3) is 0.222. The van der Waals surface area contributed by atoms with Crippen molar-refractivity contribution in [2.24, 2.45) is 0 Å². The molecular weight excluding hydrogens is 312 g/mol. The Morgan fingerprint density at radius 3 is 2.35 bits per heavy atom. The summed E-state index contributed by atoms with van der Waals surface area (Å²) in [6.07, 6.45) is 0.675. The molecular formula is C18H19ClN2O2. The van der Waals surface area contributed by atoms with Gasteiger partial charge in [0.05, 0.1) is 6.42 Å². The zero-order chi connectivity index (χ0) is 16.8. The van der Waals surface area contributed by atoms with Crippen molar-refractivity contribution in [2.45, 2.75) is 26.7 Å². The Hall–Kier alpha value is -2.33. The van der Waals surface area contributed by atoms with Gasteiger partial charge in [0.25, 0.3) is 0 Å². The third-order valence-electron chi connectivity index (χ3n) is 3.39. The van der Waals surface area contributed by atoms with Crippen molar-refractivity contribution >= 4 is 34.8 Å². The van der Waals surface area contributed by atoms with E-state index < -0.39 is 0 Å². The Balaban J connectivity index is 2.04. The smallest absolute Gasteiger partial charge is 0.228 e. The van der Waals surface area contributed by atoms with Gasteiger partial charge in [-0.05, 0) is 42.3 Å². The molecule has 0 aromatic heterocycles. The first-order chi connectivity index (χ1) is 11.0. The summed E-state index contributed by atoms with van der Waals surface area (Å²) in [7, 11) is 0. The molecule has 0 bridgehead atoms. The molecule has 0 heterocycles. The molecule has 4 nitrogen and oxygen atoms in total. The Labute approximate surface area is 140 Å². The molecule has 0 fully saturated rings. The number of rotatable bonds is 5. The highest BCUT2D eigenvalue weighted by molar-refractivity contribution is 6.30. The lowest BCUT2D eigenvalue weighted by atomic mass is 10.1. The minimum absolute atomic E-state index is 0.0576. The Morgan fingerprint density at radius 2 is 1.70 bits per heavy atom. The fourth-order valence-corrected chi connectivity index (χ4v) is 2.19. The lowest BCUT2D eigenvalue weighted by Crippen LogP contribution is -2.15. The molecule has 2 aromatic rings. The maximum atomic E-state index is 12.1. The molecule has 120 valence electrons. The lowest BCUT2D eigenvalue weighted by Gasteiger charge is -2.11. The van der Waals surface area contributed by atoms with Gasteiger partial charge >= 0.3 is 0 Å². The van der Waals surface area contributed by atoms with Crippen LogP contribution in [0.2, 0.25) is 5.02 Å². The van der Waals surface area contributed by atoms with E-state index in [0.29, 0.717) is 22.8 Å². The van der Waals surface area contributed by atoms with Gasteiger partial charge in [-0.25, -0.2) is 0 Å². The van der Waals surface area contributed by atoms with Gasteiger partial charge in [0.15, 0.2) is 0 Å². The molecule has 0 saturated carbocycles. The number of benzene rings is 2. The van der Waals surface area contributed by atoms with Crippen LogP contribution in [0.3, 0.4) is 0 Å². The van der Waals surface area contributed by atoms with Crippen LogP contribution in [0.1, 0.15) is 24.5 Å². The van der Waals surface area contributed by atoms with E-state index in [9.17, 15) is 9.59 Å². The molecule has 0 aliphatic heterocycles. The zero-order valence-electron chi connectivity index (χ0n) is 13.2. The van der Waals surface area contributed by atoms with Crippen LogP contribution in [-0.4, -0.2) is 11.8 Å². The van der Waals surface area contributed by atoms with Crippen molar-refractivity contribution in [3.63, 3.8) is 0 Å². The van der Waals surface area contributed by atoms with Gasteiger partial charge < -0.3 is 10.6 Å². The molecule has 2 rings (SSSR count). The van der Waals surface area contributed by atoms with Crippen LogP contribution in [0.25, 0.3) is 0 Å². The van der Waals surface area contributed by atoms with Crippen molar-refractivity contribution in [2.75, 3.05) is 10.6 Å². The van der Waals surface area contributed by atoms with Gasteiger partial charge in [-0.3, -0.25) is 9.59 Å². The van der Waals surface area contributed by atoms with Crippen molar-refractivity contribution < 1.29 is 9.59 Å². The summed E-state index contributed by atoms with van der Waals surface area (Å²) in [6.45, 7) is 3.70. The summed E-state index contributed by atoms with van der Waals surface area (Å²) in [5, 5.41) is 6.31. The van der Waals surface area contributed by atoms with Gasteiger partial charge in [0, 0.05) is 22.8 Å². The number of hydrogen-bond acceptors (Lipinski definition) is 2. The summed E-state index contributed by atoms with van der Waals surface area (Å²) in [5.74, 6) is -0.179. The van der Waals surface area contributed by atoms with Gasteiger partial charge in [-0.2, -0.15) is 0 Å². The maximum Gasteiger partial charge on any atom is 0.228 e.